The fraction of sp³-hybridized carbons (Fsp3) is 0. The quantitative estimate of drug-likeness (QED) is 0.408. The first-order chi connectivity index (χ1) is 15.5. The van der Waals surface area contributed by atoms with Crippen LogP contribution in [0.5, 0.6) is 5.75 Å². The zero-order chi connectivity index (χ0) is 22.7. The standard InChI is InChI=1S/C24H20BO2Si/c26-25-27-20-11-10-18-24(19-20)28(21-12-4-1-5-13-21,22-14-6-2-7-15-22)23-16-8-3-9-17-23/h1-19,26H/i10D,11D,18D,19D. The molecular weight excluding hydrogens is 359 g/mol. The van der Waals surface area contributed by atoms with E-state index in [-0.39, 0.29) is 23.9 Å². The fourth-order valence-electron chi connectivity index (χ4n) is 3.62. The third-order valence-electron chi connectivity index (χ3n) is 4.77. The Kier molecular flexibility index (Phi) is 4.15. The molecule has 135 valence electrons. The average molecular weight is 383 g/mol. The van der Waals surface area contributed by atoms with Crippen molar-refractivity contribution in [2.45, 2.75) is 0 Å². The molecule has 4 aromatic carbocycles. The summed E-state index contributed by atoms with van der Waals surface area (Å²) >= 11 is 0. The molecule has 0 unspecified atom stereocenters. The molecule has 0 aliphatic carbocycles. The Balaban J connectivity index is 2.25. The fourth-order valence-corrected chi connectivity index (χ4v) is 8.12. The Morgan fingerprint density at radius 1 is 0.679 bits per heavy atom. The second-order valence-electron chi connectivity index (χ2n) is 6.28. The van der Waals surface area contributed by atoms with Gasteiger partial charge in [-0.15, -0.1) is 0 Å². The van der Waals surface area contributed by atoms with Crippen LogP contribution in [-0.2, 0) is 0 Å². The van der Waals surface area contributed by atoms with Gasteiger partial charge in [-0.1, -0.05) is 103 Å². The first-order valence-corrected chi connectivity index (χ1v) is 10.9. The zero-order valence-electron chi connectivity index (χ0n) is 19.1. The average Bonchev–Trinajstić information content (AvgIpc) is 2.85. The topological polar surface area (TPSA) is 29.5 Å². The van der Waals surface area contributed by atoms with Gasteiger partial charge in [0.05, 0.1) is 11.2 Å². The zero-order valence-corrected chi connectivity index (χ0v) is 16.1. The maximum atomic E-state index is 9.26. The first kappa shape index (κ1) is 14.0. The molecule has 28 heavy (non-hydrogen) atoms. The van der Waals surface area contributed by atoms with Gasteiger partial charge in [-0.3, -0.25) is 0 Å². The van der Waals surface area contributed by atoms with Crippen LogP contribution in [0.3, 0.4) is 0 Å². The van der Waals surface area contributed by atoms with Crippen LogP contribution in [0.4, 0.5) is 0 Å². The van der Waals surface area contributed by atoms with Crippen molar-refractivity contribution in [3.8, 4) is 5.75 Å². The maximum Gasteiger partial charge on any atom is 0.569 e. The van der Waals surface area contributed by atoms with Gasteiger partial charge < -0.3 is 9.68 Å². The highest BCUT2D eigenvalue weighted by Crippen LogP contribution is 2.13. The lowest BCUT2D eigenvalue weighted by Gasteiger charge is -2.34. The van der Waals surface area contributed by atoms with Crippen LogP contribution in [0.15, 0.2) is 115 Å². The number of hydrogen-bond donors (Lipinski definition) is 1. The Morgan fingerprint density at radius 3 is 1.57 bits per heavy atom. The number of hydrogen-bond acceptors (Lipinski definition) is 2. The van der Waals surface area contributed by atoms with Gasteiger partial charge in [0.15, 0.2) is 8.07 Å². The van der Waals surface area contributed by atoms with Crippen LogP contribution in [0, 0.1) is 0 Å². The first-order valence-electron chi connectivity index (χ1n) is 10.9. The van der Waals surface area contributed by atoms with Gasteiger partial charge in [0, 0.05) is 0 Å². The van der Waals surface area contributed by atoms with Crippen LogP contribution < -0.4 is 25.4 Å². The summed E-state index contributed by atoms with van der Waals surface area (Å²) < 4.78 is 39.7. The summed E-state index contributed by atoms with van der Waals surface area (Å²) in [5.74, 6) is -0.233. The van der Waals surface area contributed by atoms with Crippen molar-refractivity contribution in [2.75, 3.05) is 0 Å². The predicted octanol–water partition coefficient (Wildman–Crippen LogP) is 1.97. The normalized spacial score (nSPS) is 13.0. The van der Waals surface area contributed by atoms with E-state index in [2.05, 4.69) is 0 Å². The molecule has 4 heteroatoms. The summed E-state index contributed by atoms with van der Waals surface area (Å²) in [6, 6.07) is 28.2. The van der Waals surface area contributed by atoms with Crippen LogP contribution in [-0.4, -0.2) is 20.8 Å². The highest BCUT2D eigenvalue weighted by molar-refractivity contribution is 7.19. The lowest BCUT2D eigenvalue weighted by Crippen LogP contribution is -2.74. The lowest BCUT2D eigenvalue weighted by molar-refractivity contribution is 0.454. The summed E-state index contributed by atoms with van der Waals surface area (Å²) in [5.41, 5.74) is 0. The Hall–Kier alpha value is -3.08. The highest BCUT2D eigenvalue weighted by atomic mass is 28.3. The molecule has 0 aliphatic heterocycles. The Morgan fingerprint density at radius 2 is 1.14 bits per heavy atom. The minimum atomic E-state index is -3.26. The number of benzene rings is 4. The minimum Gasteiger partial charge on any atom is -0.537 e. The summed E-state index contributed by atoms with van der Waals surface area (Å²) in [6.45, 7) is 0. The molecule has 1 N–H and O–H groups in total. The number of rotatable bonds is 6. The van der Waals surface area contributed by atoms with E-state index >= 15 is 0 Å². The predicted molar refractivity (Wildman–Crippen MR) is 119 cm³/mol. The highest BCUT2D eigenvalue weighted by Gasteiger charge is 2.41. The lowest BCUT2D eigenvalue weighted by atomic mass is 10.3. The van der Waals surface area contributed by atoms with E-state index < -0.39 is 14.1 Å². The van der Waals surface area contributed by atoms with Crippen molar-refractivity contribution >= 4 is 36.5 Å². The van der Waals surface area contributed by atoms with E-state index in [0.29, 0.717) is 12.9 Å². The van der Waals surface area contributed by atoms with E-state index in [0.717, 1.165) is 15.6 Å². The summed E-state index contributed by atoms with van der Waals surface area (Å²) in [6.07, 6.45) is 0. The summed E-state index contributed by atoms with van der Waals surface area (Å²) in [4.78, 5) is 0. The molecule has 0 fully saturated rings. The van der Waals surface area contributed by atoms with Crippen molar-refractivity contribution in [2.24, 2.45) is 0 Å². The summed E-state index contributed by atoms with van der Waals surface area (Å²) in [7, 11) is -2.85. The monoisotopic (exact) mass is 383 g/mol. The molecule has 0 spiro atoms. The smallest absolute Gasteiger partial charge is 0.537 e. The van der Waals surface area contributed by atoms with Gasteiger partial charge >= 0.3 is 7.69 Å². The second kappa shape index (κ2) is 8.30. The van der Waals surface area contributed by atoms with Crippen molar-refractivity contribution in [1.29, 1.82) is 0 Å². The molecule has 4 aromatic rings. The van der Waals surface area contributed by atoms with E-state index in [9.17, 15) is 5.02 Å². The minimum absolute atomic E-state index is 0.162. The third kappa shape index (κ3) is 3.28. The Bertz CT molecular complexity index is 1130. The van der Waals surface area contributed by atoms with Crippen LogP contribution in [0.25, 0.3) is 0 Å². The molecule has 0 aromatic heterocycles. The van der Waals surface area contributed by atoms with Gasteiger partial charge in [0.25, 0.3) is 0 Å². The van der Waals surface area contributed by atoms with Crippen molar-refractivity contribution < 1.29 is 15.2 Å². The van der Waals surface area contributed by atoms with Crippen molar-refractivity contribution in [3.05, 3.63) is 115 Å². The molecule has 1 radical (unpaired) electrons. The van der Waals surface area contributed by atoms with Crippen molar-refractivity contribution in [3.63, 3.8) is 0 Å². The van der Waals surface area contributed by atoms with Gasteiger partial charge in [-0.2, -0.15) is 0 Å². The van der Waals surface area contributed by atoms with Crippen LogP contribution >= 0.6 is 0 Å². The molecule has 0 saturated carbocycles. The van der Waals surface area contributed by atoms with E-state index in [1.54, 1.807) is 0 Å². The van der Waals surface area contributed by atoms with E-state index in [1.165, 1.54) is 0 Å². The molecular formula is C24H20BO2Si. The molecule has 0 aliphatic rings. The molecule has 0 bridgehead atoms. The Labute approximate surface area is 173 Å². The van der Waals surface area contributed by atoms with Gasteiger partial charge in [-0.05, 0) is 32.8 Å². The second-order valence-corrected chi connectivity index (χ2v) is 10.0. The van der Waals surface area contributed by atoms with E-state index in [4.69, 9.17) is 10.1 Å². The van der Waals surface area contributed by atoms with Gasteiger partial charge in [0.1, 0.15) is 0 Å². The molecule has 0 saturated heterocycles. The largest absolute Gasteiger partial charge is 0.569 e. The summed E-state index contributed by atoms with van der Waals surface area (Å²) in [5, 5.41) is 12.4. The third-order valence-corrected chi connectivity index (χ3v) is 9.37. The van der Waals surface area contributed by atoms with Gasteiger partial charge in [0.2, 0.25) is 0 Å². The molecule has 2 nitrogen and oxygen atoms in total. The van der Waals surface area contributed by atoms with Crippen LogP contribution in [0.1, 0.15) is 5.48 Å². The molecule has 0 amide bonds. The molecule has 0 heterocycles. The van der Waals surface area contributed by atoms with E-state index in [1.807, 2.05) is 91.0 Å². The van der Waals surface area contributed by atoms with Crippen molar-refractivity contribution in [1.82, 2.24) is 0 Å². The molecule has 0 atom stereocenters. The maximum absolute atomic E-state index is 9.26. The SMILES string of the molecule is [2H]c1c([2H])c(O[B]O)c([2H])c([Si](c2ccccc2)(c2ccccc2)c2ccccc2)c1[2H]. The molecule has 4 rings (SSSR count). The van der Waals surface area contributed by atoms with Gasteiger partial charge in [-0.25, -0.2) is 0 Å². The van der Waals surface area contributed by atoms with Crippen LogP contribution in [0.2, 0.25) is 0 Å².